The van der Waals surface area contributed by atoms with E-state index >= 15 is 0 Å². The molecule has 0 radical (unpaired) electrons. The molecule has 1 aromatic carbocycles. The van der Waals surface area contributed by atoms with E-state index in [1.165, 1.54) is 10.7 Å². The van der Waals surface area contributed by atoms with Crippen LogP contribution < -0.4 is 11.1 Å². The highest BCUT2D eigenvalue weighted by molar-refractivity contribution is 6.24. The zero-order chi connectivity index (χ0) is 25.2. The Bertz CT molecular complexity index is 1360. The van der Waals surface area contributed by atoms with Crippen molar-refractivity contribution in [1.29, 1.82) is 0 Å². The van der Waals surface area contributed by atoms with Gasteiger partial charge in [0, 0.05) is 31.3 Å². The molecule has 4 atom stereocenters. The Morgan fingerprint density at radius 3 is 2.69 bits per heavy atom. The third-order valence-corrected chi connectivity index (χ3v) is 7.09. The maximum atomic E-state index is 13.7. The molecule has 1 aromatic heterocycles. The summed E-state index contributed by atoms with van der Waals surface area (Å²) in [5.74, 6) is -6.89. The summed E-state index contributed by atoms with van der Waals surface area (Å²) in [6.45, 7) is 0.0210. The van der Waals surface area contributed by atoms with Crippen molar-refractivity contribution in [3.05, 3.63) is 58.1 Å². The lowest BCUT2D eigenvalue weighted by molar-refractivity contribution is -0.150. The second kappa shape index (κ2) is 7.75. The number of primary amides is 1. The van der Waals surface area contributed by atoms with E-state index in [9.17, 15) is 34.8 Å². The van der Waals surface area contributed by atoms with Gasteiger partial charge >= 0.3 is 0 Å². The largest absolute Gasteiger partial charge is 0.508 e. The molecule has 0 aliphatic heterocycles. The van der Waals surface area contributed by atoms with Crippen LogP contribution in [0, 0.1) is 11.8 Å². The molecule has 1 saturated carbocycles. The summed E-state index contributed by atoms with van der Waals surface area (Å²) in [4.78, 5) is 39.0. The molecule has 35 heavy (non-hydrogen) atoms. The zero-order valence-corrected chi connectivity index (χ0v) is 18.6. The number of carbonyl (C=O) groups is 3. The maximum absolute atomic E-state index is 13.7. The van der Waals surface area contributed by atoms with Crippen molar-refractivity contribution in [3.8, 4) is 5.75 Å². The SMILES string of the molecule is Cn1cc(CN[C@H]2C(=O)C(C(N)=O)=C(O)[C@@]3(O)C(=O)C4=C(O)c5c(O)cccc5C[C@H]4C[C@@H]23)nn1. The molecule has 2 aromatic rings. The number of phenols is 1. The Morgan fingerprint density at radius 2 is 2.03 bits per heavy atom. The number of aromatic nitrogens is 3. The van der Waals surface area contributed by atoms with Crippen LogP contribution >= 0.6 is 0 Å². The van der Waals surface area contributed by atoms with Gasteiger partial charge in [-0.05, 0) is 30.4 Å². The molecular weight excluding hydrogens is 458 g/mol. The highest BCUT2D eigenvalue weighted by Crippen LogP contribution is 2.51. The van der Waals surface area contributed by atoms with Crippen molar-refractivity contribution >= 4 is 23.2 Å². The highest BCUT2D eigenvalue weighted by atomic mass is 16.3. The Balaban J connectivity index is 1.63. The number of ketones is 2. The number of aliphatic hydroxyl groups excluding tert-OH is 2. The van der Waals surface area contributed by atoms with Crippen molar-refractivity contribution in [1.82, 2.24) is 20.3 Å². The van der Waals surface area contributed by atoms with Gasteiger partial charge in [-0.1, -0.05) is 17.3 Å². The number of amides is 1. The molecule has 0 unspecified atom stereocenters. The van der Waals surface area contributed by atoms with E-state index in [-0.39, 0.29) is 36.3 Å². The van der Waals surface area contributed by atoms with Crippen LogP contribution in [0.4, 0.5) is 0 Å². The number of hydrogen-bond acceptors (Lipinski definition) is 10. The number of hydrogen-bond donors (Lipinski definition) is 6. The summed E-state index contributed by atoms with van der Waals surface area (Å²) in [5, 5.41) is 54.4. The van der Waals surface area contributed by atoms with Gasteiger partial charge in [0.25, 0.3) is 5.91 Å². The van der Waals surface area contributed by atoms with Crippen molar-refractivity contribution < 1.29 is 34.8 Å². The van der Waals surface area contributed by atoms with E-state index < -0.39 is 58.0 Å². The van der Waals surface area contributed by atoms with E-state index in [0.717, 1.165) is 0 Å². The Kier molecular flexibility index (Phi) is 5.04. The van der Waals surface area contributed by atoms with E-state index in [1.807, 2.05) is 0 Å². The van der Waals surface area contributed by atoms with Gasteiger partial charge in [-0.25, -0.2) is 0 Å². The number of benzene rings is 1. The molecule has 3 aliphatic rings. The predicted molar refractivity (Wildman–Crippen MR) is 118 cm³/mol. The fourth-order valence-corrected chi connectivity index (χ4v) is 5.54. The molecule has 7 N–H and O–H groups in total. The number of nitrogens with two attached hydrogens (primary N) is 1. The lowest BCUT2D eigenvalue weighted by Gasteiger charge is -2.49. The number of carbonyl (C=O) groups excluding carboxylic acids is 3. The Hall–Kier alpha value is -4.03. The number of fused-ring (bicyclic) bond motifs is 3. The lowest BCUT2D eigenvalue weighted by Crippen LogP contribution is -2.66. The summed E-state index contributed by atoms with van der Waals surface area (Å²) in [5.41, 5.74) is 2.70. The summed E-state index contributed by atoms with van der Waals surface area (Å²) < 4.78 is 1.45. The Labute approximate surface area is 198 Å². The molecule has 182 valence electrons. The minimum atomic E-state index is -2.69. The van der Waals surface area contributed by atoms with E-state index in [2.05, 4.69) is 15.6 Å². The van der Waals surface area contributed by atoms with Gasteiger partial charge in [-0.3, -0.25) is 19.1 Å². The number of Topliss-reactive ketones (excluding diaryl/α,β-unsaturated/α-hetero) is 2. The smallest absolute Gasteiger partial charge is 0.255 e. The standard InChI is InChI=1S/C23H23N5O7/c1-28-8-11(26-27-28)7-25-17-12-6-10-5-9-3-2-4-13(29)14(9)18(30)15(10)20(32)23(12,35)21(33)16(19(17)31)22(24)34/h2-4,8,10,12,17,25,29-30,33,35H,5-7H2,1H3,(H2,24,34)/t10-,12-,17+,23-/m0/s1. The minimum Gasteiger partial charge on any atom is -0.508 e. The van der Waals surface area contributed by atoms with Crippen LogP contribution in [-0.4, -0.2) is 64.5 Å². The average molecular weight is 481 g/mol. The highest BCUT2D eigenvalue weighted by Gasteiger charge is 2.63. The molecule has 12 heteroatoms. The second-order valence-electron chi connectivity index (χ2n) is 9.11. The van der Waals surface area contributed by atoms with Crippen molar-refractivity contribution in [2.45, 2.75) is 31.0 Å². The maximum Gasteiger partial charge on any atom is 0.255 e. The molecule has 1 fully saturated rings. The first kappa shape index (κ1) is 22.7. The van der Waals surface area contributed by atoms with Gasteiger partial charge in [0.2, 0.25) is 5.78 Å². The topological polar surface area (TPSA) is 201 Å². The summed E-state index contributed by atoms with van der Waals surface area (Å²) >= 11 is 0. The van der Waals surface area contributed by atoms with E-state index in [4.69, 9.17) is 5.73 Å². The van der Waals surface area contributed by atoms with Crippen LogP contribution in [0.3, 0.4) is 0 Å². The van der Waals surface area contributed by atoms with E-state index in [0.29, 0.717) is 11.3 Å². The van der Waals surface area contributed by atoms with Crippen LogP contribution in [0.2, 0.25) is 0 Å². The van der Waals surface area contributed by atoms with Gasteiger partial charge in [-0.2, -0.15) is 0 Å². The van der Waals surface area contributed by atoms with Crippen LogP contribution in [0.15, 0.2) is 41.3 Å². The summed E-state index contributed by atoms with van der Waals surface area (Å²) in [6, 6.07) is 3.40. The number of nitrogens with zero attached hydrogens (tertiary/aromatic N) is 3. The number of aliphatic hydroxyl groups is 3. The molecular formula is C23H23N5O7. The lowest BCUT2D eigenvalue weighted by atomic mass is 9.57. The minimum absolute atomic E-state index is 0.0106. The summed E-state index contributed by atoms with van der Waals surface area (Å²) in [7, 11) is 1.66. The Morgan fingerprint density at radius 1 is 1.29 bits per heavy atom. The third kappa shape index (κ3) is 3.17. The first-order valence-electron chi connectivity index (χ1n) is 10.9. The number of rotatable bonds is 4. The number of aryl methyl sites for hydroxylation is 1. The molecule has 0 bridgehead atoms. The third-order valence-electron chi connectivity index (χ3n) is 7.09. The first-order chi connectivity index (χ1) is 16.6. The molecule has 1 heterocycles. The number of nitrogens with one attached hydrogen (secondary N) is 1. The molecule has 3 aliphatic carbocycles. The van der Waals surface area contributed by atoms with E-state index in [1.54, 1.807) is 25.4 Å². The van der Waals surface area contributed by atoms with Gasteiger partial charge in [0.05, 0.1) is 17.3 Å². The van der Waals surface area contributed by atoms with Gasteiger partial charge in [0.1, 0.15) is 22.8 Å². The van der Waals surface area contributed by atoms with Crippen LogP contribution in [0.25, 0.3) is 5.76 Å². The van der Waals surface area contributed by atoms with Gasteiger partial charge < -0.3 is 31.5 Å². The summed E-state index contributed by atoms with van der Waals surface area (Å²) in [6.07, 6.45) is 1.86. The van der Waals surface area contributed by atoms with Gasteiger partial charge in [-0.15, -0.1) is 5.10 Å². The van der Waals surface area contributed by atoms with Crippen molar-refractivity contribution in [2.24, 2.45) is 24.6 Å². The molecule has 0 spiro atoms. The van der Waals surface area contributed by atoms with Crippen LogP contribution in [-0.2, 0) is 34.4 Å². The number of phenolic OH excluding ortho intramolecular Hbond substituents is 1. The number of aromatic hydroxyl groups is 1. The molecule has 0 saturated heterocycles. The van der Waals surface area contributed by atoms with Gasteiger partial charge in [0.15, 0.2) is 11.4 Å². The second-order valence-corrected chi connectivity index (χ2v) is 9.11. The molecule has 1 amide bonds. The van der Waals surface area contributed by atoms with Crippen LogP contribution in [0.1, 0.15) is 23.2 Å². The van der Waals surface area contributed by atoms with Crippen LogP contribution in [0.5, 0.6) is 5.75 Å². The molecule has 5 rings (SSSR count). The average Bonchev–Trinajstić information content (AvgIpc) is 3.21. The predicted octanol–water partition coefficient (Wildman–Crippen LogP) is -0.679. The van der Waals surface area contributed by atoms with Crippen molar-refractivity contribution in [2.75, 3.05) is 0 Å². The normalized spacial score (nSPS) is 28.0. The monoisotopic (exact) mass is 481 g/mol. The fourth-order valence-electron chi connectivity index (χ4n) is 5.54. The molecule has 12 nitrogen and oxygen atoms in total. The quantitative estimate of drug-likeness (QED) is 0.304. The zero-order valence-electron chi connectivity index (χ0n) is 18.6. The first-order valence-corrected chi connectivity index (χ1v) is 10.9. The fraction of sp³-hybridized carbons (Fsp3) is 0.348. The van der Waals surface area contributed by atoms with Crippen molar-refractivity contribution in [3.63, 3.8) is 0 Å².